The lowest BCUT2D eigenvalue weighted by Crippen LogP contribution is -1.87. The number of carbonyl (C=O) groups excluding carboxylic acids is 2. The van der Waals surface area contributed by atoms with Crippen LogP contribution in [-0.4, -0.2) is 38.1 Å². The molecular weight excluding hydrogens is 204 g/mol. The van der Waals surface area contributed by atoms with E-state index in [-0.39, 0.29) is 0 Å². The van der Waals surface area contributed by atoms with Crippen molar-refractivity contribution in [3.63, 3.8) is 0 Å². The lowest BCUT2D eigenvalue weighted by Gasteiger charge is -1.98. The highest BCUT2D eigenvalue weighted by atomic mass is 16.1. The van der Waals surface area contributed by atoms with Gasteiger partial charge >= 0.3 is 0 Å². The van der Waals surface area contributed by atoms with Crippen molar-refractivity contribution in [1.82, 2.24) is 0 Å². The van der Waals surface area contributed by atoms with Gasteiger partial charge in [0.25, 0.3) is 0 Å². The highest BCUT2D eigenvalue weighted by Crippen LogP contribution is 2.05. The second-order valence-electron chi connectivity index (χ2n) is 3.50. The van der Waals surface area contributed by atoms with Crippen LogP contribution < -0.4 is 0 Å². The van der Waals surface area contributed by atoms with Gasteiger partial charge in [0.1, 0.15) is 0 Å². The average molecular weight is 224 g/mol. The fraction of sp³-hybridized carbons (Fsp3) is 0.667. The van der Waals surface area contributed by atoms with Gasteiger partial charge in [0, 0.05) is 13.1 Å². The molecule has 0 aliphatic heterocycles. The molecule has 16 heavy (non-hydrogen) atoms. The second kappa shape index (κ2) is 13.7. The lowest BCUT2D eigenvalue weighted by molar-refractivity contribution is -0.103. The van der Waals surface area contributed by atoms with Gasteiger partial charge in [-0.3, -0.25) is 19.6 Å². The first-order valence-electron chi connectivity index (χ1n) is 5.79. The zero-order valence-electron chi connectivity index (χ0n) is 9.68. The van der Waals surface area contributed by atoms with Crippen molar-refractivity contribution < 1.29 is 9.59 Å². The first kappa shape index (κ1) is 14.7. The van der Waals surface area contributed by atoms with Gasteiger partial charge in [-0.1, -0.05) is 25.7 Å². The molecule has 0 unspecified atom stereocenters. The number of aldehydes is 2. The van der Waals surface area contributed by atoms with Crippen molar-refractivity contribution in [3.8, 4) is 0 Å². The van der Waals surface area contributed by atoms with Crippen LogP contribution in [0.1, 0.15) is 38.5 Å². The minimum Gasteiger partial charge on any atom is -0.297 e. The third kappa shape index (κ3) is 12.7. The fourth-order valence-corrected chi connectivity index (χ4v) is 1.35. The molecule has 0 aliphatic carbocycles. The Balaban J connectivity index is 3.03. The van der Waals surface area contributed by atoms with E-state index >= 15 is 0 Å². The quantitative estimate of drug-likeness (QED) is 0.305. The van der Waals surface area contributed by atoms with Crippen LogP contribution in [0, 0.1) is 0 Å². The van der Waals surface area contributed by atoms with Crippen LogP contribution in [0.3, 0.4) is 0 Å². The van der Waals surface area contributed by atoms with Crippen molar-refractivity contribution in [2.45, 2.75) is 38.5 Å². The molecule has 0 amide bonds. The number of rotatable bonds is 11. The molecule has 0 spiro atoms. The third-order valence-electron chi connectivity index (χ3n) is 2.16. The van der Waals surface area contributed by atoms with E-state index in [1.54, 1.807) is 0 Å². The standard InChI is InChI=1S/C12H20N2O2/c15-11-9-13-7-5-3-1-2-4-6-8-14-10-12-16/h9-12H,1-8H2. The lowest BCUT2D eigenvalue weighted by atomic mass is 10.1. The van der Waals surface area contributed by atoms with Crippen molar-refractivity contribution in [2.75, 3.05) is 13.1 Å². The molecule has 0 rings (SSSR count). The molecule has 0 aromatic heterocycles. The summed E-state index contributed by atoms with van der Waals surface area (Å²) in [4.78, 5) is 27.6. The maximum absolute atomic E-state index is 9.90. The molecular formula is C12H20N2O2. The Hall–Kier alpha value is -1.32. The van der Waals surface area contributed by atoms with Gasteiger partial charge in [-0.25, -0.2) is 0 Å². The predicted molar refractivity (Wildman–Crippen MR) is 66.5 cm³/mol. The highest BCUT2D eigenvalue weighted by molar-refractivity contribution is 6.13. The van der Waals surface area contributed by atoms with Crippen LogP contribution in [0.4, 0.5) is 0 Å². The summed E-state index contributed by atoms with van der Waals surface area (Å²) < 4.78 is 0. The first-order valence-corrected chi connectivity index (χ1v) is 5.79. The van der Waals surface area contributed by atoms with E-state index in [1.807, 2.05) is 0 Å². The monoisotopic (exact) mass is 224 g/mol. The second-order valence-corrected chi connectivity index (χ2v) is 3.50. The number of hydrogen-bond acceptors (Lipinski definition) is 4. The molecule has 0 saturated heterocycles. The Morgan fingerprint density at radius 2 is 1.00 bits per heavy atom. The van der Waals surface area contributed by atoms with Gasteiger partial charge in [0.2, 0.25) is 0 Å². The smallest absolute Gasteiger partial charge is 0.160 e. The molecule has 0 bridgehead atoms. The summed E-state index contributed by atoms with van der Waals surface area (Å²) in [5.41, 5.74) is 0. The van der Waals surface area contributed by atoms with Crippen LogP contribution >= 0.6 is 0 Å². The van der Waals surface area contributed by atoms with E-state index in [1.165, 1.54) is 25.3 Å². The molecule has 0 N–H and O–H groups in total. The van der Waals surface area contributed by atoms with E-state index in [4.69, 9.17) is 0 Å². The number of carbonyl (C=O) groups is 2. The maximum atomic E-state index is 9.90. The number of unbranched alkanes of at least 4 members (excludes halogenated alkanes) is 5. The van der Waals surface area contributed by atoms with Gasteiger partial charge in [-0.15, -0.1) is 0 Å². The number of nitrogens with zero attached hydrogens (tertiary/aromatic N) is 2. The van der Waals surface area contributed by atoms with Crippen LogP contribution in [0.25, 0.3) is 0 Å². The van der Waals surface area contributed by atoms with Crippen LogP contribution in [0.15, 0.2) is 9.98 Å². The molecule has 0 aromatic carbocycles. The molecule has 4 heteroatoms. The summed E-state index contributed by atoms with van der Waals surface area (Å²) in [6.45, 7) is 1.50. The minimum atomic E-state index is 0.708. The largest absolute Gasteiger partial charge is 0.297 e. The summed E-state index contributed by atoms with van der Waals surface area (Å²) >= 11 is 0. The van der Waals surface area contributed by atoms with E-state index in [9.17, 15) is 9.59 Å². The molecule has 0 aliphatic rings. The predicted octanol–water partition coefficient (Wildman–Crippen LogP) is 1.87. The van der Waals surface area contributed by atoms with Crippen molar-refractivity contribution >= 4 is 25.0 Å². The number of aliphatic imine (C=N–C) groups is 2. The molecule has 4 nitrogen and oxygen atoms in total. The Bertz CT molecular complexity index is 201. The molecule has 90 valence electrons. The van der Waals surface area contributed by atoms with Gasteiger partial charge in [-0.2, -0.15) is 0 Å². The zero-order chi connectivity index (χ0) is 11.9. The Kier molecular flexibility index (Phi) is 12.6. The van der Waals surface area contributed by atoms with E-state index < -0.39 is 0 Å². The Morgan fingerprint density at radius 1 is 0.625 bits per heavy atom. The summed E-state index contributed by atoms with van der Waals surface area (Å²) in [7, 11) is 0. The molecule has 0 fully saturated rings. The summed E-state index contributed by atoms with van der Waals surface area (Å²) in [6, 6.07) is 0. The van der Waals surface area contributed by atoms with Gasteiger partial charge < -0.3 is 0 Å². The topological polar surface area (TPSA) is 58.9 Å². The average Bonchev–Trinajstić information content (AvgIpc) is 2.31. The van der Waals surface area contributed by atoms with Gasteiger partial charge in [-0.05, 0) is 12.8 Å². The molecule has 0 saturated carbocycles. The molecule has 0 aromatic rings. The minimum absolute atomic E-state index is 0.708. The Labute approximate surface area is 96.9 Å². The normalized spacial score (nSPS) is 11.2. The summed E-state index contributed by atoms with van der Waals surface area (Å²) in [5, 5.41) is 0. The van der Waals surface area contributed by atoms with Crippen molar-refractivity contribution in [3.05, 3.63) is 0 Å². The zero-order valence-corrected chi connectivity index (χ0v) is 9.68. The van der Waals surface area contributed by atoms with Gasteiger partial charge in [0.15, 0.2) is 12.6 Å². The van der Waals surface area contributed by atoms with Crippen LogP contribution in [0.2, 0.25) is 0 Å². The van der Waals surface area contributed by atoms with Crippen LogP contribution in [-0.2, 0) is 9.59 Å². The molecule has 0 atom stereocenters. The molecule has 0 radical (unpaired) electrons. The number of hydrogen-bond donors (Lipinski definition) is 0. The fourth-order valence-electron chi connectivity index (χ4n) is 1.35. The van der Waals surface area contributed by atoms with E-state index in [0.717, 1.165) is 38.8 Å². The molecule has 0 heterocycles. The maximum Gasteiger partial charge on any atom is 0.160 e. The van der Waals surface area contributed by atoms with Gasteiger partial charge in [0.05, 0.1) is 12.4 Å². The van der Waals surface area contributed by atoms with E-state index in [2.05, 4.69) is 9.98 Å². The van der Waals surface area contributed by atoms with Crippen molar-refractivity contribution in [2.24, 2.45) is 9.98 Å². The summed E-state index contributed by atoms with van der Waals surface area (Å²) in [5.74, 6) is 0. The first-order chi connectivity index (χ1) is 7.91. The van der Waals surface area contributed by atoms with E-state index in [0.29, 0.717) is 12.6 Å². The third-order valence-corrected chi connectivity index (χ3v) is 2.16. The van der Waals surface area contributed by atoms with Crippen LogP contribution in [0.5, 0.6) is 0 Å². The Morgan fingerprint density at radius 3 is 1.38 bits per heavy atom. The summed E-state index contributed by atoms with van der Waals surface area (Å²) in [6.07, 6.45) is 10.9. The highest BCUT2D eigenvalue weighted by Gasteiger charge is 1.90. The SMILES string of the molecule is O=CC=NCCCCCCCCN=CC=O. The van der Waals surface area contributed by atoms with Crippen molar-refractivity contribution in [1.29, 1.82) is 0 Å².